The van der Waals surface area contributed by atoms with Gasteiger partial charge in [0.15, 0.2) is 4.90 Å². The second-order valence-corrected chi connectivity index (χ2v) is 7.95. The summed E-state index contributed by atoms with van der Waals surface area (Å²) in [5.41, 5.74) is -0.514. The van der Waals surface area contributed by atoms with E-state index in [4.69, 9.17) is 0 Å². The summed E-state index contributed by atoms with van der Waals surface area (Å²) in [6.45, 7) is 1.48. The Morgan fingerprint density at radius 1 is 1.28 bits per heavy atom. The molecule has 10 heteroatoms. The third kappa shape index (κ3) is 4.62. The van der Waals surface area contributed by atoms with Crippen LogP contribution in [-0.2, 0) is 21.4 Å². The third-order valence-electron chi connectivity index (χ3n) is 3.39. The van der Waals surface area contributed by atoms with E-state index in [2.05, 4.69) is 5.32 Å². The number of nitrogens with one attached hydrogen (secondary N) is 1. The minimum atomic E-state index is -4.16. The maximum absolute atomic E-state index is 12.7. The molecule has 0 atom stereocenters. The molecule has 134 valence electrons. The summed E-state index contributed by atoms with van der Waals surface area (Å²) in [5.74, 6) is -0.475. The highest BCUT2D eigenvalue weighted by Crippen LogP contribution is 2.26. The van der Waals surface area contributed by atoms with Crippen molar-refractivity contribution in [1.82, 2.24) is 9.62 Å². The number of carbonyl (C=O) groups is 1. The van der Waals surface area contributed by atoms with Crippen LogP contribution in [0.3, 0.4) is 0 Å². The van der Waals surface area contributed by atoms with E-state index in [1.54, 1.807) is 6.92 Å². The summed E-state index contributed by atoms with van der Waals surface area (Å²) in [6, 6.07) is 8.79. The molecule has 0 aliphatic carbocycles. The molecular formula is C15H17N3O5S2. The Balaban J connectivity index is 2.15. The van der Waals surface area contributed by atoms with Crippen molar-refractivity contribution in [1.29, 1.82) is 0 Å². The first kappa shape index (κ1) is 19.0. The number of para-hydroxylation sites is 1. The Bertz CT molecular complexity index is 850. The molecule has 0 aliphatic heterocycles. The number of carbonyl (C=O) groups excluding carboxylic acids is 1. The highest BCUT2D eigenvalue weighted by molar-refractivity contribution is 7.89. The lowest BCUT2D eigenvalue weighted by Crippen LogP contribution is -2.40. The quantitative estimate of drug-likeness (QED) is 0.554. The summed E-state index contributed by atoms with van der Waals surface area (Å²) >= 11 is 1.48. The van der Waals surface area contributed by atoms with Crippen molar-refractivity contribution >= 4 is 33.0 Å². The number of benzene rings is 1. The number of nitrogens with zero attached hydrogens (tertiary/aromatic N) is 2. The van der Waals surface area contributed by atoms with Crippen LogP contribution in [-0.4, -0.2) is 36.6 Å². The summed E-state index contributed by atoms with van der Waals surface area (Å²) < 4.78 is 26.3. The Morgan fingerprint density at radius 2 is 2.00 bits per heavy atom. The Hall–Kier alpha value is -2.30. The fourth-order valence-electron chi connectivity index (χ4n) is 2.15. The van der Waals surface area contributed by atoms with Gasteiger partial charge in [0.2, 0.25) is 15.9 Å². The minimum Gasteiger partial charge on any atom is -0.350 e. The molecule has 1 heterocycles. The number of thiophene rings is 1. The molecule has 0 aliphatic rings. The molecule has 0 saturated heterocycles. The number of hydrogen-bond donors (Lipinski definition) is 1. The molecule has 2 aromatic rings. The van der Waals surface area contributed by atoms with Crippen molar-refractivity contribution in [3.05, 3.63) is 56.8 Å². The van der Waals surface area contributed by atoms with Crippen LogP contribution in [0.25, 0.3) is 0 Å². The van der Waals surface area contributed by atoms with Gasteiger partial charge in [-0.15, -0.1) is 11.3 Å². The van der Waals surface area contributed by atoms with Gasteiger partial charge in [-0.25, -0.2) is 8.42 Å². The zero-order valence-electron chi connectivity index (χ0n) is 13.4. The van der Waals surface area contributed by atoms with Crippen LogP contribution in [0, 0.1) is 10.1 Å². The molecule has 0 radical (unpaired) electrons. The molecule has 0 fully saturated rings. The van der Waals surface area contributed by atoms with Crippen LogP contribution in [0.5, 0.6) is 0 Å². The van der Waals surface area contributed by atoms with Crippen molar-refractivity contribution in [3.63, 3.8) is 0 Å². The minimum absolute atomic E-state index is 0.0147. The van der Waals surface area contributed by atoms with Crippen molar-refractivity contribution < 1.29 is 18.1 Å². The Labute approximate surface area is 149 Å². The molecule has 1 aromatic heterocycles. The first-order chi connectivity index (χ1) is 11.9. The number of nitro groups is 1. The largest absolute Gasteiger partial charge is 0.350 e. The molecule has 1 amide bonds. The SMILES string of the molecule is CCN(CC(=O)NCc1cccs1)S(=O)(=O)c1ccccc1[N+](=O)[O-]. The van der Waals surface area contributed by atoms with E-state index in [1.165, 1.54) is 29.5 Å². The van der Waals surface area contributed by atoms with E-state index in [-0.39, 0.29) is 6.54 Å². The molecule has 2 rings (SSSR count). The molecule has 1 N–H and O–H groups in total. The number of likely N-dealkylation sites (N-methyl/N-ethyl adjacent to an activating group) is 1. The maximum atomic E-state index is 12.7. The normalized spacial score (nSPS) is 11.4. The summed E-state index contributed by atoms with van der Waals surface area (Å²) in [6.07, 6.45) is 0. The number of nitro benzene ring substituents is 1. The lowest BCUT2D eigenvalue weighted by Gasteiger charge is -2.19. The standard InChI is InChI=1S/C15H17N3O5S2/c1-2-17(11-15(19)16-10-12-6-5-9-24-12)25(22,23)14-8-4-3-7-13(14)18(20)21/h3-9H,2,10-11H2,1H3,(H,16,19). The molecule has 0 bridgehead atoms. The van der Waals surface area contributed by atoms with Crippen LogP contribution >= 0.6 is 11.3 Å². The average molecular weight is 383 g/mol. The van der Waals surface area contributed by atoms with Gasteiger partial charge in [0.1, 0.15) is 0 Å². The zero-order chi connectivity index (χ0) is 18.4. The van der Waals surface area contributed by atoms with Gasteiger partial charge in [0.25, 0.3) is 5.69 Å². The van der Waals surface area contributed by atoms with Gasteiger partial charge >= 0.3 is 0 Å². The summed E-state index contributed by atoms with van der Waals surface area (Å²) in [4.78, 5) is 22.9. The predicted molar refractivity (Wildman–Crippen MR) is 93.7 cm³/mol. The van der Waals surface area contributed by atoms with E-state index in [0.29, 0.717) is 6.54 Å². The summed E-state index contributed by atoms with van der Waals surface area (Å²) in [5, 5.41) is 15.6. The smallest absolute Gasteiger partial charge is 0.289 e. The van der Waals surface area contributed by atoms with Gasteiger partial charge in [-0.2, -0.15) is 4.31 Å². The Kier molecular flexibility index (Phi) is 6.23. The van der Waals surface area contributed by atoms with E-state index in [1.807, 2.05) is 17.5 Å². The second kappa shape index (κ2) is 8.19. The maximum Gasteiger partial charge on any atom is 0.289 e. The number of amides is 1. The molecule has 1 aromatic carbocycles. The van der Waals surface area contributed by atoms with Gasteiger partial charge in [-0.3, -0.25) is 14.9 Å². The van der Waals surface area contributed by atoms with Crippen LogP contribution < -0.4 is 5.32 Å². The predicted octanol–water partition coefficient (Wildman–Crippen LogP) is 1.98. The lowest BCUT2D eigenvalue weighted by atomic mass is 10.3. The van der Waals surface area contributed by atoms with Crippen molar-refractivity contribution in [3.8, 4) is 0 Å². The van der Waals surface area contributed by atoms with Crippen LogP contribution in [0.15, 0.2) is 46.7 Å². The molecular weight excluding hydrogens is 366 g/mol. The highest BCUT2D eigenvalue weighted by atomic mass is 32.2. The van der Waals surface area contributed by atoms with E-state index in [0.717, 1.165) is 15.2 Å². The van der Waals surface area contributed by atoms with Gasteiger partial charge in [-0.05, 0) is 17.5 Å². The van der Waals surface area contributed by atoms with Gasteiger partial charge < -0.3 is 5.32 Å². The van der Waals surface area contributed by atoms with Crippen LogP contribution in [0.1, 0.15) is 11.8 Å². The summed E-state index contributed by atoms with van der Waals surface area (Å²) in [7, 11) is -4.16. The zero-order valence-corrected chi connectivity index (χ0v) is 15.0. The van der Waals surface area contributed by atoms with Gasteiger partial charge in [0, 0.05) is 17.5 Å². The molecule has 0 saturated carbocycles. The molecule has 0 unspecified atom stereocenters. The fourth-order valence-corrected chi connectivity index (χ4v) is 4.35. The van der Waals surface area contributed by atoms with E-state index < -0.39 is 38.0 Å². The molecule has 25 heavy (non-hydrogen) atoms. The number of hydrogen-bond acceptors (Lipinski definition) is 6. The van der Waals surface area contributed by atoms with E-state index >= 15 is 0 Å². The van der Waals surface area contributed by atoms with Gasteiger partial charge in [0.05, 0.1) is 18.0 Å². The molecule has 0 spiro atoms. The van der Waals surface area contributed by atoms with Crippen molar-refractivity contribution in [2.45, 2.75) is 18.4 Å². The third-order valence-corrected chi connectivity index (χ3v) is 6.24. The van der Waals surface area contributed by atoms with E-state index in [9.17, 15) is 23.3 Å². The van der Waals surface area contributed by atoms with Gasteiger partial charge in [-0.1, -0.05) is 25.1 Å². The lowest BCUT2D eigenvalue weighted by molar-refractivity contribution is -0.387. The second-order valence-electron chi connectivity index (χ2n) is 5.01. The highest BCUT2D eigenvalue weighted by Gasteiger charge is 2.31. The van der Waals surface area contributed by atoms with Crippen LogP contribution in [0.4, 0.5) is 5.69 Å². The molecule has 8 nitrogen and oxygen atoms in total. The van der Waals surface area contributed by atoms with Crippen LogP contribution in [0.2, 0.25) is 0 Å². The average Bonchev–Trinajstić information content (AvgIpc) is 3.11. The fraction of sp³-hybridized carbons (Fsp3) is 0.267. The van der Waals surface area contributed by atoms with Crippen molar-refractivity contribution in [2.24, 2.45) is 0 Å². The van der Waals surface area contributed by atoms with Crippen molar-refractivity contribution in [2.75, 3.05) is 13.1 Å². The first-order valence-electron chi connectivity index (χ1n) is 7.39. The Morgan fingerprint density at radius 3 is 2.60 bits per heavy atom. The number of rotatable bonds is 8. The number of sulfonamides is 1. The topological polar surface area (TPSA) is 110 Å². The monoisotopic (exact) mass is 383 g/mol. The first-order valence-corrected chi connectivity index (χ1v) is 9.71.